The molecule has 1 amide bonds. The van der Waals surface area contributed by atoms with Crippen LogP contribution in [0.3, 0.4) is 0 Å². The minimum Gasteiger partial charge on any atom is -0.386 e. The Morgan fingerprint density at radius 1 is 1.32 bits per heavy atom. The number of nitrogens with zero attached hydrogens (tertiary/aromatic N) is 1. The number of hydrogen-bond acceptors (Lipinski definition) is 2. The van der Waals surface area contributed by atoms with Gasteiger partial charge in [-0.1, -0.05) is 13.8 Å². The molecule has 0 aromatic heterocycles. The number of aliphatic hydroxyl groups is 1. The molecule has 1 saturated heterocycles. The summed E-state index contributed by atoms with van der Waals surface area (Å²) in [5, 5.41) is 10.1. The number of hydrogen-bond donors (Lipinski definition) is 1. The van der Waals surface area contributed by atoms with Crippen molar-refractivity contribution in [1.29, 1.82) is 0 Å². The number of rotatable bonds is 2. The third kappa shape index (κ3) is 2.34. The average Bonchev–Trinajstić information content (AvgIpc) is 2.28. The standard InChI is InChI=1S/C14H17F2NO2/c1-8(2)14(19)6-17(7-14)13(18)10-4-9(3)11(15)5-12(10)16/h4-5,8,19H,6-7H2,1-3H3. The quantitative estimate of drug-likeness (QED) is 0.893. The Kier molecular flexibility index (Phi) is 3.34. The molecular formula is C14H17F2NO2. The molecule has 0 atom stereocenters. The summed E-state index contributed by atoms with van der Waals surface area (Å²) in [5.41, 5.74) is -0.824. The molecule has 1 heterocycles. The minimum atomic E-state index is -0.902. The summed E-state index contributed by atoms with van der Waals surface area (Å²) in [6.07, 6.45) is 0. The fraction of sp³-hybridized carbons (Fsp3) is 0.500. The third-order valence-electron chi connectivity index (χ3n) is 3.77. The molecule has 1 fully saturated rings. The normalized spacial score (nSPS) is 17.5. The number of carbonyl (C=O) groups is 1. The van der Waals surface area contributed by atoms with Crippen LogP contribution in [0.4, 0.5) is 8.78 Å². The first-order valence-corrected chi connectivity index (χ1v) is 6.22. The van der Waals surface area contributed by atoms with Crippen LogP contribution in [0, 0.1) is 24.5 Å². The SMILES string of the molecule is Cc1cc(C(=O)N2CC(O)(C(C)C)C2)c(F)cc1F. The third-order valence-corrected chi connectivity index (χ3v) is 3.77. The largest absolute Gasteiger partial charge is 0.386 e. The maximum atomic E-state index is 13.6. The van der Waals surface area contributed by atoms with Gasteiger partial charge in [0.15, 0.2) is 0 Å². The number of likely N-dealkylation sites (tertiary alicyclic amines) is 1. The molecule has 0 saturated carbocycles. The van der Waals surface area contributed by atoms with Crippen molar-refractivity contribution in [3.63, 3.8) is 0 Å². The highest BCUT2D eigenvalue weighted by Crippen LogP contribution is 2.30. The van der Waals surface area contributed by atoms with E-state index in [9.17, 15) is 18.7 Å². The van der Waals surface area contributed by atoms with Crippen molar-refractivity contribution in [3.8, 4) is 0 Å². The van der Waals surface area contributed by atoms with E-state index in [1.807, 2.05) is 13.8 Å². The van der Waals surface area contributed by atoms with Gasteiger partial charge in [0.25, 0.3) is 5.91 Å². The maximum absolute atomic E-state index is 13.6. The summed E-state index contributed by atoms with van der Waals surface area (Å²) in [6.45, 7) is 5.57. The zero-order chi connectivity index (χ0) is 14.4. The lowest BCUT2D eigenvalue weighted by Crippen LogP contribution is -2.66. The van der Waals surface area contributed by atoms with Gasteiger partial charge in [-0.3, -0.25) is 4.79 Å². The number of amides is 1. The molecule has 1 N–H and O–H groups in total. The fourth-order valence-electron chi connectivity index (χ4n) is 2.11. The molecule has 1 aliphatic rings. The first-order chi connectivity index (χ1) is 8.74. The molecule has 5 heteroatoms. The highest BCUT2D eigenvalue weighted by atomic mass is 19.1. The van der Waals surface area contributed by atoms with Crippen molar-refractivity contribution in [2.45, 2.75) is 26.4 Å². The zero-order valence-corrected chi connectivity index (χ0v) is 11.2. The van der Waals surface area contributed by atoms with Gasteiger partial charge in [-0.2, -0.15) is 0 Å². The lowest BCUT2D eigenvalue weighted by Gasteiger charge is -2.49. The van der Waals surface area contributed by atoms with E-state index in [1.165, 1.54) is 17.9 Å². The fourth-order valence-corrected chi connectivity index (χ4v) is 2.11. The van der Waals surface area contributed by atoms with Crippen LogP contribution in [0.15, 0.2) is 12.1 Å². The first kappa shape index (κ1) is 13.9. The number of carbonyl (C=O) groups excluding carboxylic acids is 1. The molecule has 0 unspecified atom stereocenters. The van der Waals surface area contributed by atoms with Gasteiger partial charge >= 0.3 is 0 Å². The molecular weight excluding hydrogens is 252 g/mol. The van der Waals surface area contributed by atoms with Gasteiger partial charge in [0.2, 0.25) is 0 Å². The Hall–Kier alpha value is -1.49. The Morgan fingerprint density at radius 3 is 2.42 bits per heavy atom. The Balaban J connectivity index is 2.17. The molecule has 1 aromatic carbocycles. The molecule has 0 bridgehead atoms. The van der Waals surface area contributed by atoms with Crippen molar-refractivity contribution in [2.24, 2.45) is 5.92 Å². The Labute approximate surface area is 110 Å². The lowest BCUT2D eigenvalue weighted by molar-refractivity contribution is -0.111. The summed E-state index contributed by atoms with van der Waals surface area (Å²) in [5.74, 6) is -2.02. The molecule has 1 aromatic rings. The van der Waals surface area contributed by atoms with Crippen molar-refractivity contribution < 1.29 is 18.7 Å². The predicted molar refractivity (Wildman–Crippen MR) is 66.8 cm³/mol. The number of aryl methyl sites for hydroxylation is 1. The molecule has 2 rings (SSSR count). The molecule has 3 nitrogen and oxygen atoms in total. The minimum absolute atomic E-state index is 0.0244. The summed E-state index contributed by atoms with van der Waals surface area (Å²) in [4.78, 5) is 13.4. The van der Waals surface area contributed by atoms with Crippen molar-refractivity contribution in [2.75, 3.05) is 13.1 Å². The second kappa shape index (κ2) is 4.56. The van der Waals surface area contributed by atoms with E-state index in [4.69, 9.17) is 0 Å². The van der Waals surface area contributed by atoms with Gasteiger partial charge < -0.3 is 10.0 Å². The predicted octanol–water partition coefficient (Wildman–Crippen LogP) is 2.12. The van der Waals surface area contributed by atoms with E-state index in [1.54, 1.807) is 0 Å². The van der Waals surface area contributed by atoms with Gasteiger partial charge in [0.1, 0.15) is 17.2 Å². The van der Waals surface area contributed by atoms with Gasteiger partial charge in [-0.15, -0.1) is 0 Å². The van der Waals surface area contributed by atoms with Crippen LogP contribution < -0.4 is 0 Å². The van der Waals surface area contributed by atoms with Crippen molar-refractivity contribution in [1.82, 2.24) is 4.90 Å². The summed E-state index contributed by atoms with van der Waals surface area (Å²) in [7, 11) is 0. The highest BCUT2D eigenvalue weighted by molar-refractivity contribution is 5.95. The number of benzene rings is 1. The highest BCUT2D eigenvalue weighted by Gasteiger charge is 2.46. The molecule has 19 heavy (non-hydrogen) atoms. The van der Waals surface area contributed by atoms with E-state index in [0.29, 0.717) is 0 Å². The molecule has 1 aliphatic heterocycles. The number of β-amino-alcohol motifs (C(OH)–C–C–N with tert-alkyl or cyclic N) is 1. The Bertz CT molecular complexity index is 522. The number of halogens is 2. The van der Waals surface area contributed by atoms with Crippen LogP contribution in [0.25, 0.3) is 0 Å². The molecule has 0 aliphatic carbocycles. The van der Waals surface area contributed by atoms with Crippen molar-refractivity contribution in [3.05, 3.63) is 34.9 Å². The molecule has 0 spiro atoms. The molecule has 104 valence electrons. The zero-order valence-electron chi connectivity index (χ0n) is 11.2. The second-order valence-electron chi connectivity index (χ2n) is 5.50. The van der Waals surface area contributed by atoms with Gasteiger partial charge in [-0.05, 0) is 24.5 Å². The Morgan fingerprint density at radius 2 is 1.89 bits per heavy atom. The van der Waals surface area contributed by atoms with Crippen LogP contribution >= 0.6 is 0 Å². The van der Waals surface area contributed by atoms with Crippen LogP contribution in [-0.4, -0.2) is 34.6 Å². The van der Waals surface area contributed by atoms with E-state index in [-0.39, 0.29) is 30.1 Å². The van der Waals surface area contributed by atoms with Gasteiger partial charge in [0, 0.05) is 6.07 Å². The first-order valence-electron chi connectivity index (χ1n) is 6.22. The van der Waals surface area contributed by atoms with Crippen molar-refractivity contribution >= 4 is 5.91 Å². The second-order valence-corrected chi connectivity index (χ2v) is 5.50. The van der Waals surface area contributed by atoms with Crippen LogP contribution in [-0.2, 0) is 0 Å². The summed E-state index contributed by atoms with van der Waals surface area (Å²) >= 11 is 0. The van der Waals surface area contributed by atoms with E-state index in [0.717, 1.165) is 6.07 Å². The maximum Gasteiger partial charge on any atom is 0.257 e. The van der Waals surface area contributed by atoms with E-state index < -0.39 is 23.1 Å². The van der Waals surface area contributed by atoms with Crippen LogP contribution in [0.2, 0.25) is 0 Å². The van der Waals surface area contributed by atoms with Gasteiger partial charge in [0.05, 0.1) is 18.7 Å². The van der Waals surface area contributed by atoms with Gasteiger partial charge in [-0.25, -0.2) is 8.78 Å². The average molecular weight is 269 g/mol. The summed E-state index contributed by atoms with van der Waals surface area (Å²) < 4.78 is 26.7. The topological polar surface area (TPSA) is 40.5 Å². The monoisotopic (exact) mass is 269 g/mol. The summed E-state index contributed by atoms with van der Waals surface area (Å²) in [6, 6.07) is 1.93. The lowest BCUT2D eigenvalue weighted by atomic mass is 9.82. The van der Waals surface area contributed by atoms with E-state index >= 15 is 0 Å². The van der Waals surface area contributed by atoms with Crippen LogP contribution in [0.5, 0.6) is 0 Å². The van der Waals surface area contributed by atoms with Crippen LogP contribution in [0.1, 0.15) is 29.8 Å². The van der Waals surface area contributed by atoms with E-state index in [2.05, 4.69) is 0 Å². The smallest absolute Gasteiger partial charge is 0.257 e. The molecule has 0 radical (unpaired) electrons.